The summed E-state index contributed by atoms with van der Waals surface area (Å²) in [4.78, 5) is 11.6. The van der Waals surface area contributed by atoms with Crippen molar-refractivity contribution in [3.8, 4) is 11.1 Å². The van der Waals surface area contributed by atoms with Gasteiger partial charge in [0.1, 0.15) is 6.33 Å². The monoisotopic (exact) mass is 391 g/mol. The molecule has 0 spiro atoms. The van der Waals surface area contributed by atoms with Crippen LogP contribution >= 0.6 is 11.6 Å². The summed E-state index contributed by atoms with van der Waals surface area (Å²) in [5, 5.41) is 0.758. The van der Waals surface area contributed by atoms with Gasteiger partial charge >= 0.3 is 0 Å². The highest BCUT2D eigenvalue weighted by Gasteiger charge is 2.25. The maximum atomic E-state index is 6.46. The first-order chi connectivity index (χ1) is 13.8. The van der Waals surface area contributed by atoms with Crippen molar-refractivity contribution in [3.05, 3.63) is 83.4 Å². The Labute approximate surface area is 172 Å². The van der Waals surface area contributed by atoms with Crippen molar-refractivity contribution < 1.29 is 0 Å². The number of halogens is 1. The quantitative estimate of drug-likeness (QED) is 0.546. The van der Waals surface area contributed by atoms with E-state index in [4.69, 9.17) is 11.6 Å². The van der Waals surface area contributed by atoms with E-state index in [2.05, 4.69) is 51.3 Å². The summed E-state index contributed by atoms with van der Waals surface area (Å²) in [6, 6.07) is 18.7. The molecule has 0 radical (unpaired) electrons. The second kappa shape index (κ2) is 9.31. The van der Waals surface area contributed by atoms with Gasteiger partial charge in [-0.1, -0.05) is 60.1 Å². The molecule has 0 unspecified atom stereocenters. The third kappa shape index (κ3) is 4.60. The predicted molar refractivity (Wildman–Crippen MR) is 116 cm³/mol. The number of aromatic nitrogens is 2. The Balaban J connectivity index is 1.44. The Bertz CT molecular complexity index is 897. The highest BCUT2D eigenvalue weighted by atomic mass is 35.5. The lowest BCUT2D eigenvalue weighted by atomic mass is 9.90. The number of piperidine rings is 1. The number of rotatable bonds is 6. The minimum atomic E-state index is 0.430. The van der Waals surface area contributed by atoms with E-state index in [-0.39, 0.29) is 0 Å². The first kappa shape index (κ1) is 19.1. The molecule has 28 heavy (non-hydrogen) atoms. The molecule has 1 aliphatic rings. The highest BCUT2D eigenvalue weighted by molar-refractivity contribution is 6.33. The van der Waals surface area contributed by atoms with Gasteiger partial charge in [-0.2, -0.15) is 0 Å². The van der Waals surface area contributed by atoms with Gasteiger partial charge < -0.3 is 4.90 Å². The Kier molecular flexibility index (Phi) is 6.35. The van der Waals surface area contributed by atoms with Gasteiger partial charge in [0.2, 0.25) is 0 Å². The first-order valence-electron chi connectivity index (χ1n) is 10.1. The molecule has 0 aliphatic carbocycles. The fourth-order valence-electron chi connectivity index (χ4n) is 4.18. The number of likely N-dealkylation sites (tertiary alicyclic amines) is 1. The van der Waals surface area contributed by atoms with Crippen LogP contribution in [0.15, 0.2) is 67.1 Å². The zero-order valence-corrected chi connectivity index (χ0v) is 16.9. The molecule has 1 saturated heterocycles. The van der Waals surface area contributed by atoms with E-state index in [0.29, 0.717) is 5.92 Å². The van der Waals surface area contributed by atoms with Gasteiger partial charge in [0, 0.05) is 34.8 Å². The van der Waals surface area contributed by atoms with E-state index in [9.17, 15) is 0 Å². The molecule has 1 aromatic heterocycles. The van der Waals surface area contributed by atoms with E-state index in [0.717, 1.165) is 41.4 Å². The molecular weight excluding hydrogens is 366 g/mol. The molecule has 1 fully saturated rings. The van der Waals surface area contributed by atoms with Crippen LogP contribution in [-0.2, 0) is 6.42 Å². The number of hydrogen-bond donors (Lipinski definition) is 0. The van der Waals surface area contributed by atoms with Gasteiger partial charge in [-0.3, -0.25) is 0 Å². The number of aryl methyl sites for hydroxylation is 1. The fraction of sp³-hybridized carbons (Fsp3) is 0.333. The van der Waals surface area contributed by atoms with Gasteiger partial charge in [-0.05, 0) is 50.4 Å². The SMILES string of the molecule is Clc1ccccc1-c1cncnc1[C@@H]1CCCN(CCCc2ccccc2)C1. The lowest BCUT2D eigenvalue weighted by molar-refractivity contribution is 0.204. The maximum Gasteiger partial charge on any atom is 0.115 e. The minimum Gasteiger partial charge on any atom is -0.303 e. The average Bonchev–Trinajstić information content (AvgIpc) is 2.75. The lowest BCUT2D eigenvalue weighted by Gasteiger charge is -2.33. The van der Waals surface area contributed by atoms with Gasteiger partial charge in [0.25, 0.3) is 0 Å². The van der Waals surface area contributed by atoms with Gasteiger partial charge in [0.05, 0.1) is 5.69 Å². The largest absolute Gasteiger partial charge is 0.303 e. The Morgan fingerprint density at radius 1 is 1.00 bits per heavy atom. The van der Waals surface area contributed by atoms with E-state index in [1.807, 2.05) is 24.4 Å². The van der Waals surface area contributed by atoms with Crippen molar-refractivity contribution in [2.24, 2.45) is 0 Å². The summed E-state index contributed by atoms with van der Waals surface area (Å²) in [5.41, 5.74) is 4.66. The van der Waals surface area contributed by atoms with Crippen molar-refractivity contribution >= 4 is 11.6 Å². The molecule has 1 atom stereocenters. The molecule has 4 heteroatoms. The van der Waals surface area contributed by atoms with Gasteiger partial charge in [-0.25, -0.2) is 9.97 Å². The van der Waals surface area contributed by atoms with E-state index < -0.39 is 0 Å². The number of nitrogens with zero attached hydrogens (tertiary/aromatic N) is 3. The van der Waals surface area contributed by atoms with Crippen LogP contribution in [-0.4, -0.2) is 34.5 Å². The van der Waals surface area contributed by atoms with Gasteiger partial charge in [-0.15, -0.1) is 0 Å². The summed E-state index contributed by atoms with van der Waals surface area (Å²) >= 11 is 6.46. The molecule has 3 nitrogen and oxygen atoms in total. The zero-order chi connectivity index (χ0) is 19.2. The van der Waals surface area contributed by atoms with Crippen LogP contribution in [0.1, 0.15) is 36.4 Å². The number of hydrogen-bond acceptors (Lipinski definition) is 3. The molecule has 1 aliphatic heterocycles. The highest BCUT2D eigenvalue weighted by Crippen LogP contribution is 2.35. The Morgan fingerprint density at radius 3 is 2.68 bits per heavy atom. The summed E-state index contributed by atoms with van der Waals surface area (Å²) in [5.74, 6) is 0.430. The molecule has 0 bridgehead atoms. The summed E-state index contributed by atoms with van der Waals surface area (Å²) in [6.07, 6.45) is 8.30. The second-order valence-corrected chi connectivity index (χ2v) is 7.94. The summed E-state index contributed by atoms with van der Waals surface area (Å²) in [7, 11) is 0. The molecular formula is C24H26ClN3. The molecule has 0 saturated carbocycles. The summed E-state index contributed by atoms with van der Waals surface area (Å²) in [6.45, 7) is 3.37. The topological polar surface area (TPSA) is 29.0 Å². The minimum absolute atomic E-state index is 0.430. The lowest BCUT2D eigenvalue weighted by Crippen LogP contribution is -2.35. The van der Waals surface area contributed by atoms with Crippen molar-refractivity contribution in [2.45, 2.75) is 31.6 Å². The number of benzene rings is 2. The van der Waals surface area contributed by atoms with Crippen LogP contribution in [0.5, 0.6) is 0 Å². The Morgan fingerprint density at radius 2 is 1.82 bits per heavy atom. The van der Waals surface area contributed by atoms with Crippen LogP contribution in [0.2, 0.25) is 5.02 Å². The molecule has 2 heterocycles. The normalized spacial score (nSPS) is 17.5. The molecule has 4 rings (SSSR count). The van der Waals surface area contributed by atoms with Crippen molar-refractivity contribution in [2.75, 3.05) is 19.6 Å². The van der Waals surface area contributed by atoms with Crippen LogP contribution in [0, 0.1) is 0 Å². The van der Waals surface area contributed by atoms with E-state index in [1.54, 1.807) is 6.33 Å². The standard InChI is InChI=1S/C24H26ClN3/c25-23-13-5-4-12-21(23)22-16-26-18-27-24(22)20-11-7-15-28(17-20)14-6-10-19-8-2-1-3-9-19/h1-5,8-9,12-13,16,18,20H,6-7,10-11,14-15,17H2/t20-/m1/s1. The van der Waals surface area contributed by atoms with Crippen LogP contribution < -0.4 is 0 Å². The van der Waals surface area contributed by atoms with Crippen molar-refractivity contribution in [1.29, 1.82) is 0 Å². The van der Waals surface area contributed by atoms with Crippen molar-refractivity contribution in [1.82, 2.24) is 14.9 Å². The van der Waals surface area contributed by atoms with Crippen molar-refractivity contribution in [3.63, 3.8) is 0 Å². The Hall–Kier alpha value is -2.23. The maximum absolute atomic E-state index is 6.46. The third-order valence-corrected chi connectivity index (χ3v) is 5.91. The fourth-order valence-corrected chi connectivity index (χ4v) is 4.42. The third-order valence-electron chi connectivity index (χ3n) is 5.58. The molecule has 0 N–H and O–H groups in total. The van der Waals surface area contributed by atoms with Crippen LogP contribution in [0.3, 0.4) is 0 Å². The van der Waals surface area contributed by atoms with Gasteiger partial charge in [0.15, 0.2) is 0 Å². The average molecular weight is 392 g/mol. The molecule has 144 valence electrons. The second-order valence-electron chi connectivity index (χ2n) is 7.53. The smallest absolute Gasteiger partial charge is 0.115 e. The zero-order valence-electron chi connectivity index (χ0n) is 16.1. The molecule has 2 aromatic carbocycles. The molecule has 3 aromatic rings. The van der Waals surface area contributed by atoms with Crippen LogP contribution in [0.4, 0.5) is 0 Å². The van der Waals surface area contributed by atoms with Crippen LogP contribution in [0.25, 0.3) is 11.1 Å². The van der Waals surface area contributed by atoms with E-state index in [1.165, 1.54) is 31.4 Å². The molecule has 0 amide bonds. The first-order valence-corrected chi connectivity index (χ1v) is 10.5. The summed E-state index contributed by atoms with van der Waals surface area (Å²) < 4.78 is 0. The predicted octanol–water partition coefficient (Wildman–Crippen LogP) is 5.61. The van der Waals surface area contributed by atoms with E-state index >= 15 is 0 Å².